The molecule has 4 nitrogen and oxygen atoms in total. The Hall–Kier alpha value is -2.33. The molecule has 0 unspecified atom stereocenters. The summed E-state index contributed by atoms with van der Waals surface area (Å²) in [5, 5.41) is 0.674. The Labute approximate surface area is 134 Å². The summed E-state index contributed by atoms with van der Waals surface area (Å²) in [4.78, 5) is 18.2. The summed E-state index contributed by atoms with van der Waals surface area (Å²) in [6, 6.07) is 15.3. The fraction of sp³-hybridized carbons (Fsp3) is 0.176. The maximum atomic E-state index is 12.5. The molecule has 0 aromatic heterocycles. The fourth-order valence-corrected chi connectivity index (χ4v) is 2.83. The molecule has 5 heteroatoms. The monoisotopic (exact) mass is 313 g/mol. The van der Waals surface area contributed by atoms with E-state index in [9.17, 15) is 4.79 Å². The molecular formula is C17H16ClN3O. The quantitative estimate of drug-likeness (QED) is 0.926. The van der Waals surface area contributed by atoms with Crippen LogP contribution in [0.5, 0.6) is 0 Å². The predicted octanol–water partition coefficient (Wildman–Crippen LogP) is 3.01. The molecule has 22 heavy (non-hydrogen) atoms. The highest BCUT2D eigenvalue weighted by Gasteiger charge is 2.43. The van der Waals surface area contributed by atoms with E-state index < -0.39 is 5.54 Å². The molecular weight excluding hydrogens is 298 g/mol. The molecule has 1 atom stereocenters. The minimum atomic E-state index is -0.979. The van der Waals surface area contributed by atoms with Crippen molar-refractivity contribution in [3.63, 3.8) is 0 Å². The zero-order valence-corrected chi connectivity index (χ0v) is 13.1. The van der Waals surface area contributed by atoms with Crippen molar-refractivity contribution < 1.29 is 4.79 Å². The summed E-state index contributed by atoms with van der Waals surface area (Å²) in [6.07, 6.45) is 0. The highest BCUT2D eigenvalue weighted by Crippen LogP contribution is 2.34. The van der Waals surface area contributed by atoms with Crippen LogP contribution in [0.1, 0.15) is 12.5 Å². The number of aliphatic imine (C=N–C) groups is 1. The van der Waals surface area contributed by atoms with Crippen LogP contribution >= 0.6 is 11.6 Å². The second-order valence-corrected chi connectivity index (χ2v) is 5.93. The number of nitrogens with two attached hydrogens (primary N) is 1. The van der Waals surface area contributed by atoms with Gasteiger partial charge in [-0.15, -0.1) is 0 Å². The molecule has 0 saturated heterocycles. The smallest absolute Gasteiger partial charge is 0.261 e. The number of carbonyl (C=O) groups excluding carboxylic acids is 1. The van der Waals surface area contributed by atoms with Crippen LogP contribution in [0.4, 0.5) is 0 Å². The van der Waals surface area contributed by atoms with Gasteiger partial charge in [0.05, 0.1) is 0 Å². The van der Waals surface area contributed by atoms with Crippen LogP contribution in [0.2, 0.25) is 5.02 Å². The Balaban J connectivity index is 2.08. The van der Waals surface area contributed by atoms with E-state index in [4.69, 9.17) is 17.3 Å². The minimum absolute atomic E-state index is 0.131. The number of rotatable bonds is 2. The molecule has 2 aromatic carbocycles. The molecule has 112 valence electrons. The molecule has 1 amide bonds. The predicted molar refractivity (Wildman–Crippen MR) is 88.6 cm³/mol. The van der Waals surface area contributed by atoms with Gasteiger partial charge in [-0.2, -0.15) is 0 Å². The third-order valence-electron chi connectivity index (χ3n) is 3.99. The lowest BCUT2D eigenvalue weighted by Gasteiger charge is -2.21. The number of hydrogen-bond donors (Lipinski definition) is 1. The van der Waals surface area contributed by atoms with Crippen molar-refractivity contribution in [2.24, 2.45) is 10.7 Å². The third kappa shape index (κ3) is 2.25. The first kappa shape index (κ1) is 14.6. The van der Waals surface area contributed by atoms with Gasteiger partial charge >= 0.3 is 0 Å². The molecule has 0 aliphatic carbocycles. The van der Waals surface area contributed by atoms with E-state index in [1.165, 1.54) is 4.90 Å². The summed E-state index contributed by atoms with van der Waals surface area (Å²) in [5.41, 5.74) is 7.60. The van der Waals surface area contributed by atoms with Gasteiger partial charge in [0.2, 0.25) is 0 Å². The van der Waals surface area contributed by atoms with Gasteiger partial charge in [-0.25, -0.2) is 4.99 Å². The van der Waals surface area contributed by atoms with Gasteiger partial charge in [-0.1, -0.05) is 41.9 Å². The standard InChI is InChI=1S/C17H16ClN3O/c1-17(15(22)21(2)16(19)20-17)13-7-3-5-11(9-13)12-6-4-8-14(18)10-12/h3-10H,1-2H3,(H2,19,20)/t17-/m1/s1. The lowest BCUT2D eigenvalue weighted by atomic mass is 9.90. The fourth-order valence-electron chi connectivity index (χ4n) is 2.64. The number of carbonyl (C=O) groups is 1. The lowest BCUT2D eigenvalue weighted by molar-refractivity contribution is -0.130. The third-order valence-corrected chi connectivity index (χ3v) is 4.22. The van der Waals surface area contributed by atoms with Crippen LogP contribution in [-0.4, -0.2) is 23.8 Å². The second kappa shape index (κ2) is 5.14. The van der Waals surface area contributed by atoms with Crippen LogP contribution < -0.4 is 5.73 Å². The van der Waals surface area contributed by atoms with Gasteiger partial charge in [-0.3, -0.25) is 9.69 Å². The highest BCUT2D eigenvalue weighted by atomic mass is 35.5. The van der Waals surface area contributed by atoms with Crippen LogP contribution in [0.25, 0.3) is 11.1 Å². The number of likely N-dealkylation sites (N-methyl/N-ethyl adjacent to an activating group) is 1. The molecule has 0 spiro atoms. The summed E-state index contributed by atoms with van der Waals surface area (Å²) in [7, 11) is 1.63. The van der Waals surface area contributed by atoms with E-state index in [1.54, 1.807) is 14.0 Å². The molecule has 0 radical (unpaired) electrons. The van der Waals surface area contributed by atoms with Crippen molar-refractivity contribution in [3.8, 4) is 11.1 Å². The zero-order valence-electron chi connectivity index (χ0n) is 12.4. The largest absolute Gasteiger partial charge is 0.369 e. The van der Waals surface area contributed by atoms with E-state index in [1.807, 2.05) is 48.5 Å². The number of benzene rings is 2. The van der Waals surface area contributed by atoms with E-state index >= 15 is 0 Å². The number of amides is 1. The number of guanidine groups is 1. The highest BCUT2D eigenvalue weighted by molar-refractivity contribution is 6.30. The van der Waals surface area contributed by atoms with Crippen molar-refractivity contribution in [2.45, 2.75) is 12.5 Å². The topological polar surface area (TPSA) is 58.7 Å². The first-order valence-corrected chi connectivity index (χ1v) is 7.29. The Kier molecular flexibility index (Phi) is 3.41. The molecule has 1 heterocycles. The second-order valence-electron chi connectivity index (χ2n) is 5.50. The molecule has 2 aromatic rings. The molecule has 1 aliphatic rings. The van der Waals surface area contributed by atoms with Crippen molar-refractivity contribution in [3.05, 3.63) is 59.1 Å². The lowest BCUT2D eigenvalue weighted by Crippen LogP contribution is -2.38. The van der Waals surface area contributed by atoms with Crippen LogP contribution in [0, 0.1) is 0 Å². The van der Waals surface area contributed by atoms with Crippen molar-refractivity contribution >= 4 is 23.5 Å². The first-order chi connectivity index (χ1) is 10.4. The zero-order chi connectivity index (χ0) is 15.9. The first-order valence-electron chi connectivity index (χ1n) is 6.92. The average Bonchev–Trinajstić information content (AvgIpc) is 2.72. The molecule has 3 rings (SSSR count). The van der Waals surface area contributed by atoms with Gasteiger partial charge in [0.1, 0.15) is 0 Å². The molecule has 0 saturated carbocycles. The maximum absolute atomic E-state index is 12.5. The van der Waals surface area contributed by atoms with Gasteiger partial charge in [0.25, 0.3) is 5.91 Å². The van der Waals surface area contributed by atoms with Crippen molar-refractivity contribution in [1.82, 2.24) is 4.90 Å². The Morgan fingerprint density at radius 1 is 1.14 bits per heavy atom. The minimum Gasteiger partial charge on any atom is -0.369 e. The summed E-state index contributed by atoms with van der Waals surface area (Å²) >= 11 is 6.05. The van der Waals surface area contributed by atoms with E-state index in [0.717, 1.165) is 16.7 Å². The number of halogens is 1. The SMILES string of the molecule is CN1C(=O)[C@@](C)(c2cccc(-c3cccc(Cl)c3)c2)N=C1N. The summed E-state index contributed by atoms with van der Waals surface area (Å²) in [6.45, 7) is 1.78. The van der Waals surface area contributed by atoms with Crippen LogP contribution in [0.15, 0.2) is 53.5 Å². The average molecular weight is 314 g/mol. The Morgan fingerprint density at radius 3 is 2.36 bits per heavy atom. The van der Waals surface area contributed by atoms with Gasteiger partial charge < -0.3 is 5.73 Å². The molecule has 0 fully saturated rings. The maximum Gasteiger partial charge on any atom is 0.261 e. The number of nitrogens with zero attached hydrogens (tertiary/aromatic N) is 2. The molecule has 1 aliphatic heterocycles. The van der Waals surface area contributed by atoms with E-state index in [2.05, 4.69) is 4.99 Å². The van der Waals surface area contributed by atoms with Crippen LogP contribution in [0.3, 0.4) is 0 Å². The Bertz CT molecular complexity index is 787. The summed E-state index contributed by atoms with van der Waals surface area (Å²) < 4.78 is 0. The normalized spacial score (nSPS) is 21.1. The summed E-state index contributed by atoms with van der Waals surface area (Å²) in [5.74, 6) is 0.105. The van der Waals surface area contributed by atoms with Gasteiger partial charge in [-0.05, 0) is 41.8 Å². The van der Waals surface area contributed by atoms with Crippen molar-refractivity contribution in [2.75, 3.05) is 7.05 Å². The van der Waals surface area contributed by atoms with Crippen molar-refractivity contribution in [1.29, 1.82) is 0 Å². The van der Waals surface area contributed by atoms with Crippen LogP contribution in [-0.2, 0) is 10.3 Å². The van der Waals surface area contributed by atoms with E-state index in [0.29, 0.717) is 5.02 Å². The Morgan fingerprint density at radius 2 is 1.77 bits per heavy atom. The van der Waals surface area contributed by atoms with E-state index in [-0.39, 0.29) is 11.9 Å². The van der Waals surface area contributed by atoms with Gasteiger partial charge in [0.15, 0.2) is 11.5 Å². The number of hydrogen-bond acceptors (Lipinski definition) is 3. The molecule has 0 bridgehead atoms. The molecule has 2 N–H and O–H groups in total. The van der Waals surface area contributed by atoms with Gasteiger partial charge in [0, 0.05) is 12.1 Å².